The summed E-state index contributed by atoms with van der Waals surface area (Å²) in [6, 6.07) is 11.4. The molecule has 7 heteroatoms. The molecule has 7 nitrogen and oxygen atoms in total. The first-order valence-electron chi connectivity index (χ1n) is 7.54. The SMILES string of the molecule is CO[C@H]1C[C@@H](C(N)=O)N(C(=O)c2ccc(Oc3ccccc3)o2)C1. The van der Waals surface area contributed by atoms with Crippen LogP contribution in [0.25, 0.3) is 0 Å². The Morgan fingerprint density at radius 1 is 1.21 bits per heavy atom. The number of methoxy groups -OCH3 is 1. The molecule has 24 heavy (non-hydrogen) atoms. The standard InChI is InChI=1S/C17H18N2O5/c1-22-12-9-13(16(18)20)19(10-12)17(21)14-7-8-15(24-14)23-11-5-3-2-4-6-11/h2-8,12-13H,9-10H2,1H3,(H2,18,20)/t12-,13-/m0/s1. The third kappa shape index (κ3) is 3.26. The molecule has 126 valence electrons. The second kappa shape index (κ2) is 6.76. The number of hydrogen-bond acceptors (Lipinski definition) is 5. The zero-order chi connectivity index (χ0) is 17.1. The summed E-state index contributed by atoms with van der Waals surface area (Å²) in [6.07, 6.45) is 0.160. The van der Waals surface area contributed by atoms with Gasteiger partial charge in [-0.05, 0) is 18.2 Å². The molecule has 1 aliphatic rings. The Labute approximate surface area is 138 Å². The monoisotopic (exact) mass is 330 g/mol. The number of hydrogen-bond donors (Lipinski definition) is 1. The number of para-hydroxylation sites is 1. The summed E-state index contributed by atoms with van der Waals surface area (Å²) < 4.78 is 16.2. The van der Waals surface area contributed by atoms with Crippen molar-refractivity contribution >= 4 is 11.8 Å². The van der Waals surface area contributed by atoms with Crippen LogP contribution in [0.5, 0.6) is 11.7 Å². The van der Waals surface area contributed by atoms with Gasteiger partial charge in [-0.1, -0.05) is 18.2 Å². The molecule has 2 aromatic rings. The average molecular weight is 330 g/mol. The molecular weight excluding hydrogens is 312 g/mol. The van der Waals surface area contributed by atoms with Gasteiger partial charge in [-0.3, -0.25) is 9.59 Å². The molecule has 1 aromatic heterocycles. The van der Waals surface area contributed by atoms with Gasteiger partial charge < -0.3 is 24.5 Å². The molecule has 1 fully saturated rings. The van der Waals surface area contributed by atoms with E-state index in [2.05, 4.69) is 0 Å². The molecule has 2 heterocycles. The Morgan fingerprint density at radius 2 is 1.96 bits per heavy atom. The first-order chi connectivity index (χ1) is 11.6. The van der Waals surface area contributed by atoms with Crippen LogP contribution in [0.3, 0.4) is 0 Å². The number of furan rings is 1. The fraction of sp³-hybridized carbons (Fsp3) is 0.294. The van der Waals surface area contributed by atoms with E-state index in [9.17, 15) is 9.59 Å². The van der Waals surface area contributed by atoms with Gasteiger partial charge >= 0.3 is 0 Å². The van der Waals surface area contributed by atoms with Crippen LogP contribution < -0.4 is 10.5 Å². The molecule has 1 aliphatic heterocycles. The quantitative estimate of drug-likeness (QED) is 0.902. The summed E-state index contributed by atoms with van der Waals surface area (Å²) in [4.78, 5) is 25.6. The topological polar surface area (TPSA) is 95.0 Å². The van der Waals surface area contributed by atoms with Gasteiger partial charge in [0.15, 0.2) is 5.76 Å². The van der Waals surface area contributed by atoms with Gasteiger partial charge in [0.25, 0.3) is 11.9 Å². The minimum Gasteiger partial charge on any atom is -0.426 e. The molecule has 1 aromatic carbocycles. The van der Waals surface area contributed by atoms with Gasteiger partial charge in [-0.25, -0.2) is 0 Å². The lowest BCUT2D eigenvalue weighted by Crippen LogP contribution is -2.43. The second-order valence-electron chi connectivity index (χ2n) is 5.50. The highest BCUT2D eigenvalue weighted by Gasteiger charge is 2.40. The van der Waals surface area contributed by atoms with E-state index in [1.807, 2.05) is 18.2 Å². The summed E-state index contributed by atoms with van der Waals surface area (Å²) >= 11 is 0. The highest BCUT2D eigenvalue weighted by atomic mass is 16.6. The molecule has 0 saturated carbocycles. The number of nitrogens with two attached hydrogens (primary N) is 1. The Balaban J connectivity index is 1.74. The normalized spacial score (nSPS) is 20.1. The highest BCUT2D eigenvalue weighted by Crippen LogP contribution is 2.27. The zero-order valence-corrected chi connectivity index (χ0v) is 13.2. The van der Waals surface area contributed by atoms with Gasteiger partial charge in [0, 0.05) is 26.1 Å². The Bertz CT molecular complexity index is 728. The first-order valence-corrected chi connectivity index (χ1v) is 7.54. The van der Waals surface area contributed by atoms with Crippen molar-refractivity contribution in [2.24, 2.45) is 5.73 Å². The van der Waals surface area contributed by atoms with Crippen LogP contribution in [-0.2, 0) is 9.53 Å². The zero-order valence-electron chi connectivity index (χ0n) is 13.2. The van der Waals surface area contributed by atoms with E-state index in [4.69, 9.17) is 19.6 Å². The van der Waals surface area contributed by atoms with Crippen LogP contribution in [0.15, 0.2) is 46.9 Å². The minimum absolute atomic E-state index is 0.0870. The van der Waals surface area contributed by atoms with Crippen LogP contribution in [0.4, 0.5) is 0 Å². The van der Waals surface area contributed by atoms with Crippen LogP contribution in [-0.4, -0.2) is 42.5 Å². The largest absolute Gasteiger partial charge is 0.426 e. The minimum atomic E-state index is -0.703. The lowest BCUT2D eigenvalue weighted by Gasteiger charge is -2.20. The smallest absolute Gasteiger partial charge is 0.290 e. The van der Waals surface area contributed by atoms with Crippen molar-refractivity contribution in [3.63, 3.8) is 0 Å². The number of carbonyl (C=O) groups excluding carboxylic acids is 2. The number of ether oxygens (including phenoxy) is 2. The number of rotatable bonds is 5. The fourth-order valence-corrected chi connectivity index (χ4v) is 2.70. The fourth-order valence-electron chi connectivity index (χ4n) is 2.70. The predicted molar refractivity (Wildman–Crippen MR) is 84.7 cm³/mol. The van der Waals surface area contributed by atoms with Crippen molar-refractivity contribution in [3.8, 4) is 11.7 Å². The lowest BCUT2D eigenvalue weighted by molar-refractivity contribution is -0.121. The third-order valence-electron chi connectivity index (χ3n) is 3.94. The van der Waals surface area contributed by atoms with E-state index in [1.54, 1.807) is 18.2 Å². The van der Waals surface area contributed by atoms with Crippen LogP contribution in [0, 0.1) is 0 Å². The average Bonchev–Trinajstić information content (AvgIpc) is 3.22. The van der Waals surface area contributed by atoms with Gasteiger partial charge in [-0.15, -0.1) is 0 Å². The predicted octanol–water partition coefficient (Wildman–Crippen LogP) is 1.79. The number of carbonyl (C=O) groups is 2. The second-order valence-corrected chi connectivity index (χ2v) is 5.50. The van der Waals surface area contributed by atoms with E-state index in [0.29, 0.717) is 18.7 Å². The van der Waals surface area contributed by atoms with Crippen molar-refractivity contribution < 1.29 is 23.5 Å². The number of nitrogens with zero attached hydrogens (tertiary/aromatic N) is 1. The van der Waals surface area contributed by atoms with Crippen LogP contribution in [0.1, 0.15) is 17.0 Å². The number of primary amides is 1. The van der Waals surface area contributed by atoms with Gasteiger partial charge in [0.05, 0.1) is 6.10 Å². The molecule has 2 N–H and O–H groups in total. The summed E-state index contributed by atoms with van der Waals surface area (Å²) in [5, 5.41) is 0. The third-order valence-corrected chi connectivity index (χ3v) is 3.94. The molecule has 3 rings (SSSR count). The molecule has 1 saturated heterocycles. The van der Waals surface area contributed by atoms with Gasteiger partial charge in [-0.2, -0.15) is 0 Å². The molecule has 2 amide bonds. The van der Waals surface area contributed by atoms with Crippen molar-refractivity contribution in [3.05, 3.63) is 48.2 Å². The summed E-state index contributed by atoms with van der Waals surface area (Å²) in [5.41, 5.74) is 5.38. The van der Waals surface area contributed by atoms with Crippen molar-refractivity contribution in [1.29, 1.82) is 0 Å². The molecular formula is C17H18N2O5. The van der Waals surface area contributed by atoms with E-state index in [0.717, 1.165) is 0 Å². The van der Waals surface area contributed by atoms with E-state index < -0.39 is 17.9 Å². The number of amides is 2. The summed E-state index contributed by atoms with van der Waals surface area (Å²) in [6.45, 7) is 0.290. The highest BCUT2D eigenvalue weighted by molar-refractivity contribution is 5.95. The Morgan fingerprint density at radius 3 is 2.62 bits per heavy atom. The molecule has 0 radical (unpaired) electrons. The van der Waals surface area contributed by atoms with Crippen molar-refractivity contribution in [1.82, 2.24) is 4.90 Å². The first kappa shape index (κ1) is 16.1. The molecule has 2 atom stereocenters. The number of likely N-dealkylation sites (tertiary alicyclic amines) is 1. The molecule has 0 aliphatic carbocycles. The Kier molecular flexibility index (Phi) is 4.52. The maximum Gasteiger partial charge on any atom is 0.290 e. The van der Waals surface area contributed by atoms with Crippen LogP contribution in [0.2, 0.25) is 0 Å². The van der Waals surface area contributed by atoms with Crippen molar-refractivity contribution in [2.45, 2.75) is 18.6 Å². The molecule has 0 bridgehead atoms. The molecule has 0 unspecified atom stereocenters. The van der Waals surface area contributed by atoms with Gasteiger partial charge in [0.2, 0.25) is 5.91 Å². The number of benzene rings is 1. The summed E-state index contributed by atoms with van der Waals surface area (Å²) in [7, 11) is 1.54. The lowest BCUT2D eigenvalue weighted by atomic mass is 10.2. The van der Waals surface area contributed by atoms with Crippen molar-refractivity contribution in [2.75, 3.05) is 13.7 Å². The van der Waals surface area contributed by atoms with E-state index in [1.165, 1.54) is 18.1 Å². The molecule has 0 spiro atoms. The Hall–Kier alpha value is -2.80. The van der Waals surface area contributed by atoms with Crippen LogP contribution >= 0.6 is 0 Å². The van der Waals surface area contributed by atoms with E-state index >= 15 is 0 Å². The van der Waals surface area contributed by atoms with E-state index in [-0.39, 0.29) is 17.8 Å². The van der Waals surface area contributed by atoms with Gasteiger partial charge in [0.1, 0.15) is 11.8 Å². The summed E-state index contributed by atoms with van der Waals surface area (Å²) in [5.74, 6) is -0.0930. The maximum absolute atomic E-state index is 12.6. The maximum atomic E-state index is 12.6.